The van der Waals surface area contributed by atoms with Crippen molar-refractivity contribution in [1.82, 2.24) is 0 Å². The molecule has 0 radical (unpaired) electrons. The minimum atomic E-state index is 0.685. The molecule has 14 heavy (non-hydrogen) atoms. The van der Waals surface area contributed by atoms with Crippen LogP contribution in [0, 0.1) is 12.8 Å². The summed E-state index contributed by atoms with van der Waals surface area (Å²) < 4.78 is 5.60. The van der Waals surface area contributed by atoms with Crippen molar-refractivity contribution in [1.29, 1.82) is 0 Å². The highest BCUT2D eigenvalue weighted by Crippen LogP contribution is 2.18. The number of anilines is 1. The van der Waals surface area contributed by atoms with Crippen LogP contribution in [0.15, 0.2) is 18.2 Å². The Balaban J connectivity index is 2.47. The van der Waals surface area contributed by atoms with Gasteiger partial charge in [-0.2, -0.15) is 0 Å². The van der Waals surface area contributed by atoms with Gasteiger partial charge >= 0.3 is 0 Å². The van der Waals surface area contributed by atoms with Crippen molar-refractivity contribution in [3.63, 3.8) is 0 Å². The summed E-state index contributed by atoms with van der Waals surface area (Å²) in [6.07, 6.45) is 1.09. The fourth-order valence-corrected chi connectivity index (χ4v) is 1.15. The van der Waals surface area contributed by atoms with Gasteiger partial charge in [-0.1, -0.05) is 13.8 Å². The molecule has 0 amide bonds. The van der Waals surface area contributed by atoms with Crippen molar-refractivity contribution in [3.05, 3.63) is 23.8 Å². The van der Waals surface area contributed by atoms with Crippen molar-refractivity contribution in [2.45, 2.75) is 27.2 Å². The molecule has 0 spiro atoms. The Morgan fingerprint density at radius 2 is 2.07 bits per heavy atom. The lowest BCUT2D eigenvalue weighted by atomic mass is 10.1. The SMILES string of the molecule is Cc1cc(OCCC(C)C)ccc1N. The fraction of sp³-hybridized carbons (Fsp3) is 0.500. The molecule has 2 N–H and O–H groups in total. The van der Waals surface area contributed by atoms with Crippen molar-refractivity contribution >= 4 is 5.69 Å². The molecule has 2 nitrogen and oxygen atoms in total. The van der Waals surface area contributed by atoms with E-state index in [1.165, 1.54) is 0 Å². The monoisotopic (exact) mass is 193 g/mol. The van der Waals surface area contributed by atoms with Crippen LogP contribution in [-0.4, -0.2) is 6.61 Å². The topological polar surface area (TPSA) is 35.2 Å². The molecule has 0 heterocycles. The van der Waals surface area contributed by atoms with Crippen LogP contribution in [0.3, 0.4) is 0 Å². The molecule has 2 heteroatoms. The number of nitrogen functional groups attached to an aromatic ring is 1. The van der Waals surface area contributed by atoms with E-state index in [1.54, 1.807) is 0 Å². The molecule has 1 rings (SSSR count). The second-order valence-electron chi connectivity index (χ2n) is 4.05. The summed E-state index contributed by atoms with van der Waals surface area (Å²) in [4.78, 5) is 0. The summed E-state index contributed by atoms with van der Waals surface area (Å²) in [5, 5.41) is 0. The number of hydrogen-bond acceptors (Lipinski definition) is 2. The van der Waals surface area contributed by atoms with Gasteiger partial charge in [0.1, 0.15) is 5.75 Å². The summed E-state index contributed by atoms with van der Waals surface area (Å²) in [5.41, 5.74) is 7.61. The summed E-state index contributed by atoms with van der Waals surface area (Å²) in [6.45, 7) is 7.15. The van der Waals surface area contributed by atoms with Crippen LogP contribution in [-0.2, 0) is 0 Å². The van der Waals surface area contributed by atoms with E-state index in [4.69, 9.17) is 10.5 Å². The lowest BCUT2D eigenvalue weighted by Gasteiger charge is -2.09. The molecule has 0 fully saturated rings. The predicted octanol–water partition coefficient (Wildman–Crippen LogP) is 3.00. The maximum Gasteiger partial charge on any atom is 0.119 e. The highest BCUT2D eigenvalue weighted by Gasteiger charge is 1.98. The van der Waals surface area contributed by atoms with Gasteiger partial charge in [-0.25, -0.2) is 0 Å². The predicted molar refractivity (Wildman–Crippen MR) is 60.5 cm³/mol. The molecule has 1 aromatic carbocycles. The molecule has 0 atom stereocenters. The quantitative estimate of drug-likeness (QED) is 0.746. The Hall–Kier alpha value is -1.18. The lowest BCUT2D eigenvalue weighted by molar-refractivity contribution is 0.289. The first kappa shape index (κ1) is 10.9. The third-order valence-electron chi connectivity index (χ3n) is 2.21. The number of hydrogen-bond donors (Lipinski definition) is 1. The molecule has 0 saturated heterocycles. The standard InChI is InChI=1S/C12H19NO/c1-9(2)6-7-14-11-4-5-12(13)10(3)8-11/h4-5,8-9H,6-7,13H2,1-3H3. The maximum atomic E-state index is 5.71. The van der Waals surface area contributed by atoms with Gasteiger partial charge in [-0.3, -0.25) is 0 Å². The third kappa shape index (κ3) is 3.29. The number of benzene rings is 1. The van der Waals surface area contributed by atoms with E-state index >= 15 is 0 Å². The van der Waals surface area contributed by atoms with Gasteiger partial charge in [0, 0.05) is 5.69 Å². The number of aryl methyl sites for hydroxylation is 1. The van der Waals surface area contributed by atoms with Crippen LogP contribution in [0.4, 0.5) is 5.69 Å². The van der Waals surface area contributed by atoms with E-state index < -0.39 is 0 Å². The van der Waals surface area contributed by atoms with Crippen LogP contribution in [0.5, 0.6) is 5.75 Å². The minimum absolute atomic E-state index is 0.685. The van der Waals surface area contributed by atoms with E-state index in [9.17, 15) is 0 Å². The molecular weight excluding hydrogens is 174 g/mol. The lowest BCUT2D eigenvalue weighted by Crippen LogP contribution is -2.01. The average Bonchev–Trinajstić information content (AvgIpc) is 2.10. The molecule has 0 unspecified atom stereocenters. The zero-order valence-corrected chi connectivity index (χ0v) is 9.21. The summed E-state index contributed by atoms with van der Waals surface area (Å²) in [7, 11) is 0. The van der Waals surface area contributed by atoms with Crippen molar-refractivity contribution in [2.24, 2.45) is 5.92 Å². The van der Waals surface area contributed by atoms with E-state index in [0.29, 0.717) is 5.92 Å². The summed E-state index contributed by atoms with van der Waals surface area (Å²) in [6, 6.07) is 5.79. The Labute approximate surface area is 86.1 Å². The molecule has 0 saturated carbocycles. The second kappa shape index (κ2) is 4.89. The highest BCUT2D eigenvalue weighted by atomic mass is 16.5. The zero-order chi connectivity index (χ0) is 10.6. The van der Waals surface area contributed by atoms with Crippen molar-refractivity contribution in [3.8, 4) is 5.75 Å². The van der Waals surface area contributed by atoms with Crippen molar-refractivity contribution in [2.75, 3.05) is 12.3 Å². The normalized spacial score (nSPS) is 10.6. The third-order valence-corrected chi connectivity index (χ3v) is 2.21. The Morgan fingerprint density at radius 1 is 1.36 bits per heavy atom. The van der Waals surface area contributed by atoms with Crippen LogP contribution in [0.2, 0.25) is 0 Å². The van der Waals surface area contributed by atoms with Crippen LogP contribution in [0.1, 0.15) is 25.8 Å². The molecule has 0 aromatic heterocycles. The molecule has 0 bridgehead atoms. The first-order valence-corrected chi connectivity index (χ1v) is 5.08. The van der Waals surface area contributed by atoms with Gasteiger partial charge in [-0.05, 0) is 43.0 Å². The second-order valence-corrected chi connectivity index (χ2v) is 4.05. The first-order chi connectivity index (χ1) is 6.59. The molecule has 0 aliphatic rings. The van der Waals surface area contributed by atoms with E-state index in [2.05, 4.69) is 13.8 Å². The van der Waals surface area contributed by atoms with Gasteiger partial charge in [0.25, 0.3) is 0 Å². The fourth-order valence-electron chi connectivity index (χ4n) is 1.15. The van der Waals surface area contributed by atoms with E-state index in [0.717, 1.165) is 30.0 Å². The van der Waals surface area contributed by atoms with Gasteiger partial charge in [0.2, 0.25) is 0 Å². The van der Waals surface area contributed by atoms with E-state index in [-0.39, 0.29) is 0 Å². The van der Waals surface area contributed by atoms with Gasteiger partial charge in [-0.15, -0.1) is 0 Å². The minimum Gasteiger partial charge on any atom is -0.494 e. The maximum absolute atomic E-state index is 5.71. The van der Waals surface area contributed by atoms with Crippen LogP contribution < -0.4 is 10.5 Å². The Kier molecular flexibility index (Phi) is 3.81. The van der Waals surface area contributed by atoms with Gasteiger partial charge < -0.3 is 10.5 Å². The van der Waals surface area contributed by atoms with Crippen LogP contribution in [0.25, 0.3) is 0 Å². The number of nitrogens with two attached hydrogens (primary N) is 1. The zero-order valence-electron chi connectivity index (χ0n) is 9.21. The molecule has 0 aliphatic carbocycles. The first-order valence-electron chi connectivity index (χ1n) is 5.08. The van der Waals surface area contributed by atoms with Crippen molar-refractivity contribution < 1.29 is 4.74 Å². The number of ether oxygens (including phenoxy) is 1. The smallest absolute Gasteiger partial charge is 0.119 e. The van der Waals surface area contributed by atoms with E-state index in [1.807, 2.05) is 25.1 Å². The number of rotatable bonds is 4. The Bertz CT molecular complexity index is 294. The van der Waals surface area contributed by atoms with Gasteiger partial charge in [0.05, 0.1) is 6.61 Å². The highest BCUT2D eigenvalue weighted by molar-refractivity contribution is 5.49. The molecular formula is C12H19NO. The van der Waals surface area contributed by atoms with Crippen LogP contribution >= 0.6 is 0 Å². The molecule has 1 aromatic rings. The molecule has 0 aliphatic heterocycles. The molecule has 78 valence electrons. The Morgan fingerprint density at radius 3 is 2.64 bits per heavy atom. The summed E-state index contributed by atoms with van der Waals surface area (Å²) >= 11 is 0. The summed E-state index contributed by atoms with van der Waals surface area (Å²) in [5.74, 6) is 1.60. The average molecular weight is 193 g/mol. The van der Waals surface area contributed by atoms with Gasteiger partial charge in [0.15, 0.2) is 0 Å². The largest absolute Gasteiger partial charge is 0.494 e.